The summed E-state index contributed by atoms with van der Waals surface area (Å²) < 4.78 is 56.4. The number of benzene rings is 1. The lowest BCUT2D eigenvalue weighted by Gasteiger charge is -2.33. The maximum Gasteiger partial charge on any atom is 0.246 e. The predicted molar refractivity (Wildman–Crippen MR) is 110 cm³/mol. The van der Waals surface area contributed by atoms with E-state index in [4.69, 9.17) is 4.74 Å². The van der Waals surface area contributed by atoms with E-state index >= 15 is 0 Å². The molecule has 2 rings (SSSR count). The maximum atomic E-state index is 12.5. The number of nitrogens with zero attached hydrogens (tertiary/aromatic N) is 3. The number of anilines is 1. The van der Waals surface area contributed by atoms with Crippen molar-refractivity contribution >= 4 is 31.6 Å². The second-order valence-electron chi connectivity index (χ2n) is 6.78. The molecule has 1 aromatic carbocycles. The van der Waals surface area contributed by atoms with Crippen LogP contribution in [0.2, 0.25) is 0 Å². The Labute approximate surface area is 172 Å². The number of rotatable bonds is 8. The summed E-state index contributed by atoms with van der Waals surface area (Å²) in [6.07, 6.45) is 0. The van der Waals surface area contributed by atoms with E-state index in [9.17, 15) is 21.6 Å². The first-order chi connectivity index (χ1) is 13.5. The Kier molecular flexibility index (Phi) is 7.62. The van der Waals surface area contributed by atoms with Crippen molar-refractivity contribution in [2.24, 2.45) is 0 Å². The molecule has 0 aliphatic carbocycles. The van der Waals surface area contributed by atoms with E-state index in [1.165, 1.54) is 37.6 Å². The summed E-state index contributed by atoms with van der Waals surface area (Å²) in [5.74, 6) is -0.0662. The van der Waals surface area contributed by atoms with Gasteiger partial charge in [-0.15, -0.1) is 0 Å². The minimum Gasteiger partial charge on any atom is -0.495 e. The van der Waals surface area contributed by atoms with E-state index in [0.717, 1.165) is 4.31 Å². The average Bonchev–Trinajstić information content (AvgIpc) is 2.68. The summed E-state index contributed by atoms with van der Waals surface area (Å²) in [7, 11) is -2.76. The third-order valence-electron chi connectivity index (χ3n) is 4.66. The molecule has 0 bridgehead atoms. The summed E-state index contributed by atoms with van der Waals surface area (Å²) in [6, 6.07) is 4.41. The number of nitrogens with one attached hydrogen (secondary N) is 1. The average molecular weight is 449 g/mol. The minimum atomic E-state index is -3.74. The zero-order valence-corrected chi connectivity index (χ0v) is 18.7. The normalized spacial score (nSPS) is 16.7. The van der Waals surface area contributed by atoms with Gasteiger partial charge in [-0.3, -0.25) is 9.69 Å². The molecule has 1 saturated heterocycles. The largest absolute Gasteiger partial charge is 0.495 e. The number of amides is 1. The molecule has 0 atom stereocenters. The summed E-state index contributed by atoms with van der Waals surface area (Å²) in [4.78, 5) is 14.2. The highest BCUT2D eigenvalue weighted by atomic mass is 32.2. The SMILES string of the molecule is CCS(=O)(=O)N1CCN(CC(=O)Nc2ccc(OC)c(S(=O)(=O)N(C)C)c2)CC1. The smallest absolute Gasteiger partial charge is 0.246 e. The van der Waals surface area contributed by atoms with E-state index < -0.39 is 20.0 Å². The van der Waals surface area contributed by atoms with Gasteiger partial charge in [0.1, 0.15) is 10.6 Å². The number of piperazine rings is 1. The molecule has 0 unspecified atom stereocenters. The number of ether oxygens (including phenoxy) is 1. The molecule has 0 radical (unpaired) electrons. The number of sulfonamides is 2. The highest BCUT2D eigenvalue weighted by Gasteiger charge is 2.27. The topological polar surface area (TPSA) is 116 Å². The zero-order chi connectivity index (χ0) is 21.8. The van der Waals surface area contributed by atoms with Crippen LogP contribution in [0.25, 0.3) is 0 Å². The van der Waals surface area contributed by atoms with Crippen LogP contribution in [0.4, 0.5) is 5.69 Å². The Hall–Kier alpha value is -1.73. The Morgan fingerprint density at radius 1 is 1.14 bits per heavy atom. The quantitative estimate of drug-likeness (QED) is 0.588. The first kappa shape index (κ1) is 23.5. The Balaban J connectivity index is 2.03. The molecule has 164 valence electrons. The molecule has 0 spiro atoms. The van der Waals surface area contributed by atoms with Crippen molar-refractivity contribution in [1.29, 1.82) is 0 Å². The predicted octanol–water partition coefficient (Wildman–Crippen LogP) is -0.149. The molecule has 29 heavy (non-hydrogen) atoms. The molecule has 1 aromatic rings. The van der Waals surface area contributed by atoms with Crippen molar-refractivity contribution in [3.05, 3.63) is 18.2 Å². The van der Waals surface area contributed by atoms with Gasteiger partial charge in [0, 0.05) is 46.0 Å². The number of carbonyl (C=O) groups is 1. The molecular weight excluding hydrogens is 420 g/mol. The molecular formula is C17H28N4O6S2. The molecule has 1 aliphatic rings. The molecule has 12 heteroatoms. The fourth-order valence-electron chi connectivity index (χ4n) is 2.90. The van der Waals surface area contributed by atoms with Crippen LogP contribution in [-0.2, 0) is 24.8 Å². The molecule has 10 nitrogen and oxygen atoms in total. The number of hydrogen-bond acceptors (Lipinski definition) is 7. The zero-order valence-electron chi connectivity index (χ0n) is 17.1. The van der Waals surface area contributed by atoms with Crippen LogP contribution >= 0.6 is 0 Å². The molecule has 0 aromatic heterocycles. The van der Waals surface area contributed by atoms with Gasteiger partial charge in [0.2, 0.25) is 26.0 Å². The number of carbonyl (C=O) groups excluding carboxylic acids is 1. The third kappa shape index (κ3) is 5.66. The van der Waals surface area contributed by atoms with Crippen LogP contribution in [0.15, 0.2) is 23.1 Å². The Morgan fingerprint density at radius 2 is 1.76 bits per heavy atom. The van der Waals surface area contributed by atoms with Crippen LogP contribution < -0.4 is 10.1 Å². The van der Waals surface area contributed by atoms with Crippen molar-refractivity contribution in [2.45, 2.75) is 11.8 Å². The molecule has 1 N–H and O–H groups in total. The van der Waals surface area contributed by atoms with E-state index in [1.54, 1.807) is 13.0 Å². The van der Waals surface area contributed by atoms with Crippen molar-refractivity contribution in [1.82, 2.24) is 13.5 Å². The van der Waals surface area contributed by atoms with Crippen molar-refractivity contribution in [2.75, 3.05) is 65.0 Å². The highest BCUT2D eigenvalue weighted by Crippen LogP contribution is 2.28. The lowest BCUT2D eigenvalue weighted by atomic mass is 10.3. The van der Waals surface area contributed by atoms with Crippen molar-refractivity contribution < 1.29 is 26.4 Å². The molecule has 0 saturated carbocycles. The van der Waals surface area contributed by atoms with Gasteiger partial charge in [0.05, 0.1) is 19.4 Å². The van der Waals surface area contributed by atoms with Crippen LogP contribution in [0.1, 0.15) is 6.92 Å². The van der Waals surface area contributed by atoms with Gasteiger partial charge in [0.15, 0.2) is 0 Å². The van der Waals surface area contributed by atoms with Gasteiger partial charge in [-0.1, -0.05) is 0 Å². The van der Waals surface area contributed by atoms with Crippen LogP contribution in [0.5, 0.6) is 5.75 Å². The lowest BCUT2D eigenvalue weighted by Crippen LogP contribution is -2.50. The molecule has 1 aliphatic heterocycles. The van der Waals surface area contributed by atoms with Gasteiger partial charge in [-0.2, -0.15) is 4.31 Å². The van der Waals surface area contributed by atoms with Gasteiger partial charge < -0.3 is 10.1 Å². The summed E-state index contributed by atoms with van der Waals surface area (Å²) in [6.45, 7) is 3.29. The maximum absolute atomic E-state index is 12.5. The van der Waals surface area contributed by atoms with E-state index in [-0.39, 0.29) is 28.8 Å². The van der Waals surface area contributed by atoms with Gasteiger partial charge in [0.25, 0.3) is 0 Å². The monoisotopic (exact) mass is 448 g/mol. The number of hydrogen-bond donors (Lipinski definition) is 1. The summed E-state index contributed by atoms with van der Waals surface area (Å²) >= 11 is 0. The molecule has 1 fully saturated rings. The standard InChI is InChI=1S/C17H28N4O6S2/c1-5-28(23,24)21-10-8-20(9-11-21)13-17(22)18-14-6-7-15(27-4)16(12-14)29(25,26)19(2)3/h6-7,12H,5,8-11,13H2,1-4H3,(H,18,22). The van der Waals surface area contributed by atoms with Crippen LogP contribution in [0.3, 0.4) is 0 Å². The fraction of sp³-hybridized carbons (Fsp3) is 0.588. The minimum absolute atomic E-state index is 0.0406. The summed E-state index contributed by atoms with van der Waals surface area (Å²) in [5, 5.41) is 2.69. The van der Waals surface area contributed by atoms with Crippen molar-refractivity contribution in [3.8, 4) is 5.75 Å². The first-order valence-corrected chi connectivity index (χ1v) is 12.2. The van der Waals surface area contributed by atoms with E-state index in [1.807, 2.05) is 4.90 Å². The van der Waals surface area contributed by atoms with Crippen molar-refractivity contribution in [3.63, 3.8) is 0 Å². The second kappa shape index (κ2) is 9.39. The molecule has 1 heterocycles. The first-order valence-electron chi connectivity index (χ1n) is 9.12. The van der Waals surface area contributed by atoms with Crippen LogP contribution in [0, 0.1) is 0 Å². The van der Waals surface area contributed by atoms with Gasteiger partial charge in [-0.25, -0.2) is 21.1 Å². The van der Waals surface area contributed by atoms with Gasteiger partial charge >= 0.3 is 0 Å². The van der Waals surface area contributed by atoms with Gasteiger partial charge in [-0.05, 0) is 25.1 Å². The van der Waals surface area contributed by atoms with E-state index in [0.29, 0.717) is 31.9 Å². The lowest BCUT2D eigenvalue weighted by molar-refractivity contribution is -0.117. The number of methoxy groups -OCH3 is 1. The fourth-order valence-corrected chi connectivity index (χ4v) is 5.06. The highest BCUT2D eigenvalue weighted by molar-refractivity contribution is 7.89. The van der Waals surface area contributed by atoms with E-state index in [2.05, 4.69) is 5.32 Å². The Bertz CT molecular complexity index is 939. The molecule has 1 amide bonds. The summed E-state index contributed by atoms with van der Waals surface area (Å²) in [5.41, 5.74) is 0.337. The Morgan fingerprint density at radius 3 is 2.28 bits per heavy atom. The second-order valence-corrected chi connectivity index (χ2v) is 11.2. The van der Waals surface area contributed by atoms with Crippen LogP contribution in [-0.4, -0.2) is 95.9 Å². The third-order valence-corrected chi connectivity index (χ3v) is 8.38.